The lowest BCUT2D eigenvalue weighted by Crippen LogP contribution is -2.39. The van der Waals surface area contributed by atoms with Gasteiger partial charge >= 0.3 is 0 Å². The highest BCUT2D eigenvalue weighted by molar-refractivity contribution is 9.10. The quantitative estimate of drug-likeness (QED) is 0.814. The third-order valence-corrected chi connectivity index (χ3v) is 4.31. The maximum atomic E-state index is 12.2. The normalized spacial score (nSPS) is 16.0. The van der Waals surface area contributed by atoms with Gasteiger partial charge in [-0.2, -0.15) is 0 Å². The zero-order valence-corrected chi connectivity index (χ0v) is 13.8. The fourth-order valence-corrected chi connectivity index (χ4v) is 2.91. The summed E-state index contributed by atoms with van der Waals surface area (Å²) in [5, 5.41) is 3.23. The van der Waals surface area contributed by atoms with Gasteiger partial charge in [0.2, 0.25) is 5.91 Å². The van der Waals surface area contributed by atoms with E-state index < -0.39 is 0 Å². The van der Waals surface area contributed by atoms with E-state index in [2.05, 4.69) is 21.2 Å². The Morgan fingerprint density at radius 3 is 2.65 bits per heavy atom. The molecule has 0 bridgehead atoms. The van der Waals surface area contributed by atoms with Crippen LogP contribution in [-0.4, -0.2) is 34.9 Å². The van der Waals surface area contributed by atoms with Crippen LogP contribution in [0.15, 0.2) is 22.7 Å². The topological polar surface area (TPSA) is 58.4 Å². The molecule has 1 aliphatic heterocycles. The van der Waals surface area contributed by atoms with Crippen molar-refractivity contribution in [3.05, 3.63) is 28.2 Å². The first-order valence-corrected chi connectivity index (χ1v) is 7.84. The minimum Gasteiger partial charge on any atom is -0.389 e. The van der Waals surface area contributed by atoms with Gasteiger partial charge in [-0.05, 0) is 53.9 Å². The van der Waals surface area contributed by atoms with Crippen LogP contribution in [0.3, 0.4) is 0 Å². The molecular formula is C14H18BrN3OS. The lowest BCUT2D eigenvalue weighted by molar-refractivity contribution is -0.130. The molecule has 2 rings (SSSR count). The van der Waals surface area contributed by atoms with Gasteiger partial charge in [0.05, 0.1) is 0 Å². The highest BCUT2D eigenvalue weighted by Crippen LogP contribution is 2.25. The second-order valence-corrected chi connectivity index (χ2v) is 6.25. The Labute approximate surface area is 132 Å². The first-order valence-electron chi connectivity index (χ1n) is 6.63. The number of thiocarbonyl (C=S) groups is 1. The standard InChI is InChI=1S/C14H18BrN3OS/c1-9(14(19)18-6-2-3-7-18)17-12-5-4-10(13(16)20)8-11(12)15/h4-5,8-9,17H,2-3,6-7H2,1H3,(H2,16,20). The largest absolute Gasteiger partial charge is 0.389 e. The molecule has 0 saturated carbocycles. The van der Waals surface area contributed by atoms with E-state index in [9.17, 15) is 4.79 Å². The molecule has 1 atom stereocenters. The highest BCUT2D eigenvalue weighted by atomic mass is 79.9. The summed E-state index contributed by atoms with van der Waals surface area (Å²) in [6.07, 6.45) is 2.20. The van der Waals surface area contributed by atoms with E-state index >= 15 is 0 Å². The zero-order valence-electron chi connectivity index (χ0n) is 11.4. The van der Waals surface area contributed by atoms with Gasteiger partial charge < -0.3 is 16.0 Å². The van der Waals surface area contributed by atoms with Crippen LogP contribution < -0.4 is 11.1 Å². The number of anilines is 1. The second kappa shape index (κ2) is 6.54. The highest BCUT2D eigenvalue weighted by Gasteiger charge is 2.23. The maximum Gasteiger partial charge on any atom is 0.244 e. The number of nitrogens with two attached hydrogens (primary N) is 1. The molecule has 20 heavy (non-hydrogen) atoms. The summed E-state index contributed by atoms with van der Waals surface area (Å²) in [5.41, 5.74) is 7.26. The number of hydrogen-bond acceptors (Lipinski definition) is 3. The van der Waals surface area contributed by atoms with Gasteiger partial charge in [0.15, 0.2) is 0 Å². The van der Waals surface area contributed by atoms with Crippen molar-refractivity contribution in [1.82, 2.24) is 4.90 Å². The number of amides is 1. The van der Waals surface area contributed by atoms with Crippen molar-refractivity contribution in [1.29, 1.82) is 0 Å². The molecule has 0 spiro atoms. The Morgan fingerprint density at radius 2 is 2.10 bits per heavy atom. The van der Waals surface area contributed by atoms with Gasteiger partial charge in [0.1, 0.15) is 11.0 Å². The number of nitrogens with zero attached hydrogens (tertiary/aromatic N) is 1. The average Bonchev–Trinajstić information content (AvgIpc) is 2.93. The summed E-state index contributed by atoms with van der Waals surface area (Å²) in [6, 6.07) is 5.34. The number of carbonyl (C=O) groups excluding carboxylic acids is 1. The molecule has 4 nitrogen and oxygen atoms in total. The SMILES string of the molecule is CC(Nc1ccc(C(N)=S)cc1Br)C(=O)N1CCCC1. The predicted molar refractivity (Wildman–Crippen MR) is 88.9 cm³/mol. The molecular weight excluding hydrogens is 338 g/mol. The van der Waals surface area contributed by atoms with E-state index in [4.69, 9.17) is 18.0 Å². The molecule has 1 heterocycles. The Morgan fingerprint density at radius 1 is 1.45 bits per heavy atom. The number of halogens is 1. The predicted octanol–water partition coefficient (Wildman–Crippen LogP) is 2.51. The number of benzene rings is 1. The van der Waals surface area contributed by atoms with Crippen LogP contribution in [0.5, 0.6) is 0 Å². The fraction of sp³-hybridized carbons (Fsp3) is 0.429. The summed E-state index contributed by atoms with van der Waals surface area (Å²) in [7, 11) is 0. The molecule has 1 unspecified atom stereocenters. The van der Waals surface area contributed by atoms with Gasteiger partial charge in [0.25, 0.3) is 0 Å². The van der Waals surface area contributed by atoms with Crippen LogP contribution in [0, 0.1) is 0 Å². The third-order valence-electron chi connectivity index (χ3n) is 3.41. The lowest BCUT2D eigenvalue weighted by Gasteiger charge is -2.22. The van der Waals surface area contributed by atoms with Gasteiger partial charge in [-0.3, -0.25) is 4.79 Å². The van der Waals surface area contributed by atoms with Crippen molar-refractivity contribution in [2.24, 2.45) is 5.73 Å². The van der Waals surface area contributed by atoms with E-state index in [-0.39, 0.29) is 11.9 Å². The van der Waals surface area contributed by atoms with Crippen LogP contribution in [0.4, 0.5) is 5.69 Å². The Bertz CT molecular complexity index is 529. The first-order chi connectivity index (χ1) is 9.49. The Balaban J connectivity index is 2.05. The molecule has 3 N–H and O–H groups in total. The van der Waals surface area contributed by atoms with Crippen LogP contribution in [-0.2, 0) is 4.79 Å². The van der Waals surface area contributed by atoms with Crippen LogP contribution in [0.25, 0.3) is 0 Å². The molecule has 1 aliphatic rings. The summed E-state index contributed by atoms with van der Waals surface area (Å²) >= 11 is 8.42. The van der Waals surface area contributed by atoms with Crippen molar-refractivity contribution in [2.45, 2.75) is 25.8 Å². The summed E-state index contributed by atoms with van der Waals surface area (Å²) in [6.45, 7) is 3.62. The fourth-order valence-electron chi connectivity index (χ4n) is 2.29. The summed E-state index contributed by atoms with van der Waals surface area (Å²) in [4.78, 5) is 14.5. The van der Waals surface area contributed by atoms with E-state index in [0.717, 1.165) is 41.7 Å². The Hall–Kier alpha value is -1.14. The van der Waals surface area contributed by atoms with Crippen LogP contribution >= 0.6 is 28.1 Å². The van der Waals surface area contributed by atoms with E-state index in [1.54, 1.807) is 0 Å². The van der Waals surface area contributed by atoms with Gasteiger partial charge in [-0.25, -0.2) is 0 Å². The number of carbonyl (C=O) groups is 1. The zero-order chi connectivity index (χ0) is 14.7. The van der Waals surface area contributed by atoms with E-state index in [1.165, 1.54) is 0 Å². The minimum atomic E-state index is -0.250. The van der Waals surface area contributed by atoms with Gasteiger partial charge in [-0.15, -0.1) is 0 Å². The van der Waals surface area contributed by atoms with Crippen molar-refractivity contribution >= 4 is 44.7 Å². The molecule has 1 fully saturated rings. The molecule has 1 amide bonds. The smallest absolute Gasteiger partial charge is 0.244 e. The van der Waals surface area contributed by atoms with Crippen LogP contribution in [0.1, 0.15) is 25.3 Å². The summed E-state index contributed by atoms with van der Waals surface area (Å²) in [5.74, 6) is 0.146. The molecule has 108 valence electrons. The molecule has 0 radical (unpaired) electrons. The number of rotatable bonds is 4. The number of hydrogen-bond donors (Lipinski definition) is 2. The van der Waals surface area contributed by atoms with Gasteiger partial charge in [0, 0.05) is 28.8 Å². The van der Waals surface area contributed by atoms with Crippen LogP contribution in [0.2, 0.25) is 0 Å². The maximum absolute atomic E-state index is 12.2. The number of nitrogens with one attached hydrogen (secondary N) is 1. The second-order valence-electron chi connectivity index (χ2n) is 4.96. The minimum absolute atomic E-state index is 0.146. The monoisotopic (exact) mass is 355 g/mol. The molecule has 1 saturated heterocycles. The molecule has 6 heteroatoms. The van der Waals surface area contributed by atoms with Crippen molar-refractivity contribution in [3.8, 4) is 0 Å². The molecule has 0 aromatic heterocycles. The van der Waals surface area contributed by atoms with Gasteiger partial charge in [-0.1, -0.05) is 12.2 Å². The number of likely N-dealkylation sites (tertiary alicyclic amines) is 1. The molecule has 1 aromatic rings. The Kier molecular flexibility index (Phi) is 4.99. The molecule has 0 aliphatic carbocycles. The van der Waals surface area contributed by atoms with Crippen molar-refractivity contribution in [2.75, 3.05) is 18.4 Å². The summed E-state index contributed by atoms with van der Waals surface area (Å²) < 4.78 is 0.851. The van der Waals surface area contributed by atoms with Crippen molar-refractivity contribution < 1.29 is 4.79 Å². The van der Waals surface area contributed by atoms with Crippen molar-refractivity contribution in [3.63, 3.8) is 0 Å². The molecule has 1 aromatic carbocycles. The lowest BCUT2D eigenvalue weighted by atomic mass is 10.2. The third kappa shape index (κ3) is 3.49. The first kappa shape index (κ1) is 15.3. The average molecular weight is 356 g/mol. The van der Waals surface area contributed by atoms with E-state index in [1.807, 2.05) is 30.0 Å². The van der Waals surface area contributed by atoms with E-state index in [0.29, 0.717) is 4.99 Å².